The van der Waals surface area contributed by atoms with Crippen LogP contribution in [0.1, 0.15) is 56.4 Å². The Balaban J connectivity index is 1.61. The number of rotatable bonds is 8. The Morgan fingerprint density at radius 1 is 0.636 bits per heavy atom. The normalized spacial score (nSPS) is 18.7. The van der Waals surface area contributed by atoms with Crippen LogP contribution in [0, 0.1) is 11.8 Å². The van der Waals surface area contributed by atoms with Crippen molar-refractivity contribution in [2.45, 2.75) is 59.8 Å². The van der Waals surface area contributed by atoms with Gasteiger partial charge in [0.05, 0.1) is 11.1 Å². The van der Waals surface area contributed by atoms with E-state index in [1.54, 1.807) is 0 Å². The van der Waals surface area contributed by atoms with Crippen LogP contribution in [0.5, 0.6) is 11.5 Å². The summed E-state index contributed by atoms with van der Waals surface area (Å²) in [6, 6.07) is 11.9. The molecular weight excluding hydrogens is 412 g/mol. The predicted molar refractivity (Wildman–Crippen MR) is 129 cm³/mol. The van der Waals surface area contributed by atoms with Crippen molar-refractivity contribution >= 4 is 11.9 Å². The zero-order valence-corrected chi connectivity index (χ0v) is 19.9. The maximum absolute atomic E-state index is 13.3. The molecule has 172 valence electrons. The zero-order valence-electron chi connectivity index (χ0n) is 19.9. The quantitative estimate of drug-likeness (QED) is 0.287. The first-order chi connectivity index (χ1) is 15.9. The predicted octanol–water partition coefficient (Wildman–Crippen LogP) is 5.95. The highest BCUT2D eigenvalue weighted by Crippen LogP contribution is 2.45. The van der Waals surface area contributed by atoms with Crippen molar-refractivity contribution in [2.75, 3.05) is 0 Å². The van der Waals surface area contributed by atoms with Crippen LogP contribution < -0.4 is 9.47 Å². The molecule has 33 heavy (non-hydrogen) atoms. The summed E-state index contributed by atoms with van der Waals surface area (Å²) in [6.45, 7) is 8.31. The number of aryl methyl sites for hydroxylation is 4. The Labute approximate surface area is 196 Å². The van der Waals surface area contributed by atoms with Gasteiger partial charge in [-0.1, -0.05) is 52.0 Å². The van der Waals surface area contributed by atoms with Gasteiger partial charge >= 0.3 is 11.9 Å². The third-order valence-electron chi connectivity index (χ3n) is 6.66. The summed E-state index contributed by atoms with van der Waals surface area (Å²) < 4.78 is 11.6. The minimum Gasteiger partial charge on any atom is -0.423 e. The molecule has 0 spiro atoms. The summed E-state index contributed by atoms with van der Waals surface area (Å²) in [6.07, 6.45) is 8.19. The lowest BCUT2D eigenvalue weighted by atomic mass is 9.97. The van der Waals surface area contributed by atoms with Gasteiger partial charge in [0.2, 0.25) is 0 Å². The van der Waals surface area contributed by atoms with Crippen molar-refractivity contribution in [1.82, 2.24) is 0 Å². The SMILES string of the molecule is CCc1cc(CC)cc(OC(=O)C2=C(C(=O)Oc3cc(CC)cc(CC)c3)C3C=CC2C3)c1. The zero-order chi connectivity index (χ0) is 23.5. The molecule has 0 fully saturated rings. The van der Waals surface area contributed by atoms with E-state index in [-0.39, 0.29) is 11.8 Å². The number of hydrogen-bond acceptors (Lipinski definition) is 4. The van der Waals surface area contributed by atoms with Crippen LogP contribution >= 0.6 is 0 Å². The van der Waals surface area contributed by atoms with Gasteiger partial charge < -0.3 is 9.47 Å². The summed E-state index contributed by atoms with van der Waals surface area (Å²) in [5.74, 6) is -0.0365. The largest absolute Gasteiger partial charge is 0.423 e. The highest BCUT2D eigenvalue weighted by atomic mass is 16.5. The van der Waals surface area contributed by atoms with E-state index in [1.165, 1.54) is 0 Å². The molecular formula is C29H32O4. The molecule has 2 atom stereocenters. The maximum Gasteiger partial charge on any atom is 0.340 e. The molecule has 4 rings (SSSR count). The molecule has 2 unspecified atom stereocenters. The van der Waals surface area contributed by atoms with E-state index in [2.05, 4.69) is 39.8 Å². The molecule has 0 saturated heterocycles. The van der Waals surface area contributed by atoms with E-state index < -0.39 is 11.9 Å². The number of benzene rings is 2. The number of hydrogen-bond donors (Lipinski definition) is 0. The molecule has 0 heterocycles. The van der Waals surface area contributed by atoms with Crippen LogP contribution in [0.4, 0.5) is 0 Å². The molecule has 2 aliphatic rings. The van der Waals surface area contributed by atoms with Crippen molar-refractivity contribution in [2.24, 2.45) is 11.8 Å². The van der Waals surface area contributed by atoms with Crippen molar-refractivity contribution in [1.29, 1.82) is 0 Å². The third-order valence-corrected chi connectivity index (χ3v) is 6.66. The van der Waals surface area contributed by atoms with Gasteiger partial charge in [-0.3, -0.25) is 0 Å². The summed E-state index contributed by atoms with van der Waals surface area (Å²) in [5.41, 5.74) is 5.38. The van der Waals surface area contributed by atoms with Crippen LogP contribution in [-0.2, 0) is 35.3 Å². The van der Waals surface area contributed by atoms with Crippen molar-refractivity contribution in [3.63, 3.8) is 0 Å². The second-order valence-corrected chi connectivity index (χ2v) is 8.82. The van der Waals surface area contributed by atoms with E-state index in [9.17, 15) is 9.59 Å². The van der Waals surface area contributed by atoms with Gasteiger partial charge in [-0.05, 0) is 78.6 Å². The molecule has 0 amide bonds. The Hall–Kier alpha value is -3.14. The van der Waals surface area contributed by atoms with Gasteiger partial charge in [-0.2, -0.15) is 0 Å². The van der Waals surface area contributed by atoms with Crippen LogP contribution in [0.2, 0.25) is 0 Å². The highest BCUT2D eigenvalue weighted by Gasteiger charge is 2.43. The van der Waals surface area contributed by atoms with Crippen molar-refractivity contribution in [3.8, 4) is 11.5 Å². The van der Waals surface area contributed by atoms with Gasteiger partial charge in [-0.25, -0.2) is 9.59 Å². The fourth-order valence-electron chi connectivity index (χ4n) is 4.76. The first kappa shape index (κ1) is 23.0. The Morgan fingerprint density at radius 2 is 0.970 bits per heavy atom. The molecule has 0 N–H and O–H groups in total. The number of carbonyl (C=O) groups is 2. The summed E-state index contributed by atoms with van der Waals surface area (Å²) in [7, 11) is 0. The van der Waals surface area contributed by atoms with Gasteiger partial charge in [0.25, 0.3) is 0 Å². The molecule has 4 heteroatoms. The minimum atomic E-state index is -0.453. The number of allylic oxidation sites excluding steroid dienone is 2. The average molecular weight is 445 g/mol. The van der Waals surface area contributed by atoms with Gasteiger partial charge in [0.15, 0.2) is 0 Å². The monoisotopic (exact) mass is 444 g/mol. The smallest absolute Gasteiger partial charge is 0.340 e. The first-order valence-corrected chi connectivity index (χ1v) is 12.1. The van der Waals surface area contributed by atoms with E-state index in [4.69, 9.17) is 9.47 Å². The molecule has 2 bridgehead atoms. The molecule has 2 aromatic rings. The number of esters is 2. The Bertz CT molecular complexity index is 1010. The van der Waals surface area contributed by atoms with Crippen LogP contribution in [0.3, 0.4) is 0 Å². The molecule has 4 nitrogen and oxygen atoms in total. The van der Waals surface area contributed by atoms with Crippen molar-refractivity contribution in [3.05, 3.63) is 82.0 Å². The van der Waals surface area contributed by atoms with E-state index in [0.29, 0.717) is 22.6 Å². The molecule has 0 aromatic heterocycles. The first-order valence-electron chi connectivity index (χ1n) is 12.1. The topological polar surface area (TPSA) is 52.6 Å². The number of ether oxygens (including phenoxy) is 2. The van der Waals surface area contributed by atoms with Crippen LogP contribution in [-0.4, -0.2) is 11.9 Å². The summed E-state index contributed by atoms with van der Waals surface area (Å²) in [5, 5.41) is 0. The lowest BCUT2D eigenvalue weighted by molar-refractivity contribution is -0.133. The van der Waals surface area contributed by atoms with Crippen molar-refractivity contribution < 1.29 is 19.1 Å². The second-order valence-electron chi connectivity index (χ2n) is 8.82. The van der Waals surface area contributed by atoms with Gasteiger partial charge in [-0.15, -0.1) is 0 Å². The van der Waals surface area contributed by atoms with Gasteiger partial charge in [0.1, 0.15) is 11.5 Å². The molecule has 2 aromatic carbocycles. The van der Waals surface area contributed by atoms with E-state index in [1.807, 2.05) is 36.4 Å². The fraction of sp³-hybridized carbons (Fsp3) is 0.379. The molecule has 0 saturated carbocycles. The Morgan fingerprint density at radius 3 is 1.27 bits per heavy atom. The number of carbonyl (C=O) groups excluding carboxylic acids is 2. The van der Waals surface area contributed by atoms with E-state index >= 15 is 0 Å². The lowest BCUT2D eigenvalue weighted by Gasteiger charge is -2.16. The fourth-order valence-corrected chi connectivity index (χ4v) is 4.76. The van der Waals surface area contributed by atoms with E-state index in [0.717, 1.165) is 54.4 Å². The third kappa shape index (κ3) is 4.80. The standard InChI is InChI=1S/C29H32O4/c1-5-18-11-19(6-2)14-24(13-18)32-28(30)26-22-9-10-23(17-22)27(26)29(31)33-25-15-20(7-3)12-21(8-4)16-25/h9-16,22-23H,5-8,17H2,1-4H3. The van der Waals surface area contributed by atoms with Gasteiger partial charge in [0, 0.05) is 11.8 Å². The maximum atomic E-state index is 13.3. The molecule has 2 aliphatic carbocycles. The Kier molecular flexibility index (Phi) is 6.83. The molecule has 0 aliphatic heterocycles. The summed E-state index contributed by atoms with van der Waals surface area (Å²) in [4.78, 5) is 26.5. The number of fused-ring (bicyclic) bond motifs is 2. The van der Waals surface area contributed by atoms with Crippen LogP contribution in [0.15, 0.2) is 59.7 Å². The summed E-state index contributed by atoms with van der Waals surface area (Å²) >= 11 is 0. The average Bonchev–Trinajstić information content (AvgIpc) is 3.45. The highest BCUT2D eigenvalue weighted by molar-refractivity contribution is 6.04. The second kappa shape index (κ2) is 9.78. The van der Waals surface area contributed by atoms with Crippen LogP contribution in [0.25, 0.3) is 0 Å². The molecule has 0 radical (unpaired) electrons. The minimum absolute atomic E-state index is 0.0989. The lowest BCUT2D eigenvalue weighted by Crippen LogP contribution is -2.22.